The van der Waals surface area contributed by atoms with Crippen LogP contribution in [0, 0.1) is 19.3 Å². The van der Waals surface area contributed by atoms with Gasteiger partial charge in [-0.15, -0.1) is 0 Å². The third-order valence-corrected chi connectivity index (χ3v) is 7.04. The lowest BCUT2D eigenvalue weighted by Crippen LogP contribution is -2.41. The summed E-state index contributed by atoms with van der Waals surface area (Å²) in [5.74, 6) is -0.169. The first kappa shape index (κ1) is 21.8. The predicted molar refractivity (Wildman–Crippen MR) is 104 cm³/mol. The summed E-state index contributed by atoms with van der Waals surface area (Å²) in [6, 6.07) is 3.36. The number of nitrogens with one attached hydrogen (secondary N) is 1. The second kappa shape index (κ2) is 8.68. The number of morpholine rings is 1. The van der Waals surface area contributed by atoms with E-state index in [9.17, 15) is 13.2 Å². The SMILES string of the molecule is COCCC(C)(C)C(=O)Nc1cc(C)c(C)c(S(=O)(=O)N2CCOCC2)c1. The summed E-state index contributed by atoms with van der Waals surface area (Å²) >= 11 is 0. The highest BCUT2D eigenvalue weighted by molar-refractivity contribution is 7.89. The normalized spacial score (nSPS) is 16.3. The first-order valence-electron chi connectivity index (χ1n) is 9.09. The second-order valence-electron chi connectivity index (χ2n) is 7.51. The third-order valence-electron chi connectivity index (χ3n) is 5.01. The Morgan fingerprint density at radius 1 is 1.26 bits per heavy atom. The van der Waals surface area contributed by atoms with Crippen molar-refractivity contribution in [3.8, 4) is 0 Å². The lowest BCUT2D eigenvalue weighted by atomic mass is 9.88. The monoisotopic (exact) mass is 398 g/mol. The number of anilines is 1. The molecule has 152 valence electrons. The first-order valence-corrected chi connectivity index (χ1v) is 10.5. The zero-order valence-corrected chi connectivity index (χ0v) is 17.6. The fourth-order valence-corrected chi connectivity index (χ4v) is 4.60. The number of amides is 1. The summed E-state index contributed by atoms with van der Waals surface area (Å²) in [5.41, 5.74) is 1.37. The molecule has 0 atom stereocenters. The molecule has 8 heteroatoms. The van der Waals surface area contributed by atoms with Gasteiger partial charge in [0.25, 0.3) is 0 Å². The van der Waals surface area contributed by atoms with Crippen molar-refractivity contribution >= 4 is 21.6 Å². The van der Waals surface area contributed by atoms with Crippen LogP contribution in [0.3, 0.4) is 0 Å². The van der Waals surface area contributed by atoms with Crippen molar-refractivity contribution in [2.45, 2.75) is 39.0 Å². The van der Waals surface area contributed by atoms with Crippen LogP contribution in [0.1, 0.15) is 31.4 Å². The second-order valence-corrected chi connectivity index (χ2v) is 9.42. The summed E-state index contributed by atoms with van der Waals surface area (Å²) in [5, 5.41) is 2.87. The van der Waals surface area contributed by atoms with E-state index in [0.717, 1.165) is 5.56 Å². The lowest BCUT2D eigenvalue weighted by Gasteiger charge is -2.27. The molecule has 1 saturated heterocycles. The molecule has 1 aromatic carbocycles. The van der Waals surface area contributed by atoms with Crippen LogP contribution in [0.2, 0.25) is 0 Å². The van der Waals surface area contributed by atoms with E-state index in [1.54, 1.807) is 26.2 Å². The summed E-state index contributed by atoms with van der Waals surface area (Å²) in [7, 11) is -2.04. The molecule has 0 radical (unpaired) electrons. The van der Waals surface area contributed by atoms with E-state index in [-0.39, 0.29) is 10.8 Å². The molecule has 1 fully saturated rings. The molecule has 1 aliphatic rings. The Hall–Kier alpha value is -1.48. The largest absolute Gasteiger partial charge is 0.385 e. The van der Waals surface area contributed by atoms with Gasteiger partial charge in [0.1, 0.15) is 0 Å². The Labute approximate surface area is 162 Å². The molecule has 1 amide bonds. The summed E-state index contributed by atoms with van der Waals surface area (Å²) in [6.07, 6.45) is 0.569. The first-order chi connectivity index (χ1) is 12.6. The number of benzene rings is 1. The number of carbonyl (C=O) groups is 1. The number of nitrogens with zero attached hydrogens (tertiary/aromatic N) is 1. The quantitative estimate of drug-likeness (QED) is 0.762. The molecule has 27 heavy (non-hydrogen) atoms. The number of methoxy groups -OCH3 is 1. The van der Waals surface area contributed by atoms with Gasteiger partial charge in [0.05, 0.1) is 18.1 Å². The smallest absolute Gasteiger partial charge is 0.243 e. The van der Waals surface area contributed by atoms with Crippen molar-refractivity contribution < 1.29 is 22.7 Å². The van der Waals surface area contributed by atoms with Gasteiger partial charge in [-0.25, -0.2) is 8.42 Å². The minimum atomic E-state index is -3.64. The van der Waals surface area contributed by atoms with Crippen LogP contribution in [0.5, 0.6) is 0 Å². The number of hydrogen-bond donors (Lipinski definition) is 1. The molecule has 1 aliphatic heterocycles. The highest BCUT2D eigenvalue weighted by Gasteiger charge is 2.30. The minimum absolute atomic E-state index is 0.169. The van der Waals surface area contributed by atoms with Crippen molar-refractivity contribution in [1.82, 2.24) is 4.31 Å². The summed E-state index contributed by atoms with van der Waals surface area (Å²) < 4.78 is 37.9. The molecular formula is C19H30N2O5S. The minimum Gasteiger partial charge on any atom is -0.385 e. The van der Waals surface area contributed by atoms with Gasteiger partial charge in [0, 0.05) is 37.9 Å². The maximum absolute atomic E-state index is 13.1. The average Bonchev–Trinajstić information content (AvgIpc) is 2.63. The Bertz CT molecular complexity index is 784. The molecule has 1 heterocycles. The van der Waals surface area contributed by atoms with Crippen LogP contribution in [-0.4, -0.2) is 58.7 Å². The molecule has 0 spiro atoms. The third kappa shape index (κ3) is 5.07. The van der Waals surface area contributed by atoms with E-state index in [4.69, 9.17) is 9.47 Å². The molecule has 0 aromatic heterocycles. The molecule has 7 nitrogen and oxygen atoms in total. The summed E-state index contributed by atoms with van der Waals surface area (Å²) in [6.45, 7) is 9.24. The van der Waals surface area contributed by atoms with Gasteiger partial charge in [-0.1, -0.05) is 13.8 Å². The number of aryl methyl sites for hydroxylation is 1. The zero-order valence-electron chi connectivity index (χ0n) is 16.8. The van der Waals surface area contributed by atoms with E-state index in [1.807, 2.05) is 20.8 Å². The Morgan fingerprint density at radius 3 is 2.48 bits per heavy atom. The predicted octanol–water partition coefficient (Wildman–Crippen LogP) is 2.33. The van der Waals surface area contributed by atoms with E-state index in [1.165, 1.54) is 4.31 Å². The van der Waals surface area contributed by atoms with Gasteiger partial charge >= 0.3 is 0 Å². The maximum Gasteiger partial charge on any atom is 0.243 e. The van der Waals surface area contributed by atoms with Crippen LogP contribution in [0.4, 0.5) is 5.69 Å². The van der Waals surface area contributed by atoms with Crippen LogP contribution in [-0.2, 0) is 24.3 Å². The van der Waals surface area contributed by atoms with Crippen molar-refractivity contribution in [2.24, 2.45) is 5.41 Å². The van der Waals surface area contributed by atoms with E-state index in [2.05, 4.69) is 5.32 Å². The number of sulfonamides is 1. The van der Waals surface area contributed by atoms with Gasteiger partial charge in [-0.3, -0.25) is 4.79 Å². The zero-order chi connectivity index (χ0) is 20.2. The molecule has 0 aliphatic carbocycles. The number of hydrogen-bond acceptors (Lipinski definition) is 5. The molecule has 1 N–H and O–H groups in total. The van der Waals surface area contributed by atoms with Gasteiger partial charge in [-0.05, 0) is 43.5 Å². The number of ether oxygens (including phenoxy) is 2. The fourth-order valence-electron chi connectivity index (χ4n) is 2.86. The lowest BCUT2D eigenvalue weighted by molar-refractivity contribution is -0.124. The van der Waals surface area contributed by atoms with Crippen LogP contribution in [0.25, 0.3) is 0 Å². The van der Waals surface area contributed by atoms with Crippen LogP contribution < -0.4 is 5.32 Å². The van der Waals surface area contributed by atoms with Gasteiger partial charge in [0.15, 0.2) is 0 Å². The van der Waals surface area contributed by atoms with Gasteiger partial charge in [-0.2, -0.15) is 4.31 Å². The van der Waals surface area contributed by atoms with Crippen molar-refractivity contribution in [2.75, 3.05) is 45.3 Å². The molecule has 2 rings (SSSR count). The highest BCUT2D eigenvalue weighted by atomic mass is 32.2. The number of rotatable bonds is 7. The van der Waals surface area contributed by atoms with E-state index >= 15 is 0 Å². The highest BCUT2D eigenvalue weighted by Crippen LogP contribution is 2.29. The Kier molecular flexibility index (Phi) is 7.02. The van der Waals surface area contributed by atoms with Crippen LogP contribution >= 0.6 is 0 Å². The topological polar surface area (TPSA) is 84.9 Å². The maximum atomic E-state index is 13.1. The van der Waals surface area contributed by atoms with Crippen molar-refractivity contribution in [3.63, 3.8) is 0 Å². The molecule has 0 saturated carbocycles. The standard InChI is InChI=1S/C19H30N2O5S/c1-14-12-16(20-18(22)19(3,4)6-9-25-5)13-17(15(14)2)27(23,24)21-7-10-26-11-8-21/h12-13H,6-11H2,1-5H3,(H,20,22). The van der Waals surface area contributed by atoms with Crippen LogP contribution in [0.15, 0.2) is 17.0 Å². The Balaban J connectivity index is 2.31. The Morgan fingerprint density at radius 2 is 1.89 bits per heavy atom. The molecule has 0 bridgehead atoms. The van der Waals surface area contributed by atoms with Crippen molar-refractivity contribution in [3.05, 3.63) is 23.3 Å². The fraction of sp³-hybridized carbons (Fsp3) is 0.632. The molecular weight excluding hydrogens is 368 g/mol. The van der Waals surface area contributed by atoms with E-state index < -0.39 is 15.4 Å². The number of carbonyl (C=O) groups excluding carboxylic acids is 1. The van der Waals surface area contributed by atoms with E-state index in [0.29, 0.717) is 50.6 Å². The van der Waals surface area contributed by atoms with Crippen molar-refractivity contribution in [1.29, 1.82) is 0 Å². The summed E-state index contributed by atoms with van der Waals surface area (Å²) in [4.78, 5) is 12.9. The molecule has 0 unspecified atom stereocenters. The average molecular weight is 399 g/mol. The van der Waals surface area contributed by atoms with Gasteiger partial charge in [0.2, 0.25) is 15.9 Å². The van der Waals surface area contributed by atoms with Gasteiger partial charge < -0.3 is 14.8 Å². The molecule has 1 aromatic rings.